The average Bonchev–Trinajstić information content (AvgIpc) is 2.52. The van der Waals surface area contributed by atoms with Crippen molar-refractivity contribution in [1.82, 2.24) is 4.98 Å². The van der Waals surface area contributed by atoms with Gasteiger partial charge in [-0.3, -0.25) is 10.1 Å². The minimum Gasteiger partial charge on any atom is -0.395 e. The Morgan fingerprint density at radius 1 is 1.85 bits per heavy atom. The Kier molecular flexibility index (Phi) is 3.15. The molecule has 0 aliphatic heterocycles. The summed E-state index contributed by atoms with van der Waals surface area (Å²) in [5.41, 5.74) is 0. The summed E-state index contributed by atoms with van der Waals surface area (Å²) in [5.74, 6) is 0. The van der Waals surface area contributed by atoms with Crippen molar-refractivity contribution in [2.45, 2.75) is 0 Å². The van der Waals surface area contributed by atoms with Crippen LogP contribution < -0.4 is 4.90 Å². The lowest BCUT2D eigenvalue weighted by Gasteiger charge is -2.12. The number of aliphatic hydroxyl groups excluding tert-OH is 1. The molecule has 0 aromatic carbocycles. The zero-order valence-corrected chi connectivity index (χ0v) is 7.82. The SMILES string of the molecule is CN(CCO)c1ncc([N+](=O)[O-])s1. The molecule has 7 heteroatoms. The van der Waals surface area contributed by atoms with E-state index < -0.39 is 4.92 Å². The fourth-order valence-corrected chi connectivity index (χ4v) is 1.48. The standard InChI is InChI=1S/C6H9N3O3S/c1-8(2-3-10)6-7-4-5(13-6)9(11)12/h4,10H,2-3H2,1H3. The molecule has 1 rings (SSSR count). The maximum absolute atomic E-state index is 10.3. The van der Waals surface area contributed by atoms with E-state index in [0.29, 0.717) is 11.7 Å². The topological polar surface area (TPSA) is 79.5 Å². The van der Waals surface area contributed by atoms with Gasteiger partial charge < -0.3 is 10.0 Å². The maximum atomic E-state index is 10.3. The minimum absolute atomic E-state index is 0.00385. The van der Waals surface area contributed by atoms with Crippen molar-refractivity contribution < 1.29 is 10.0 Å². The van der Waals surface area contributed by atoms with Crippen LogP contribution in [0.15, 0.2) is 6.20 Å². The summed E-state index contributed by atoms with van der Waals surface area (Å²) in [5, 5.41) is 19.5. The van der Waals surface area contributed by atoms with Crippen LogP contribution in [0.5, 0.6) is 0 Å². The summed E-state index contributed by atoms with van der Waals surface area (Å²) in [6, 6.07) is 0. The van der Waals surface area contributed by atoms with Gasteiger partial charge in [-0.2, -0.15) is 0 Å². The normalized spacial score (nSPS) is 10.0. The van der Waals surface area contributed by atoms with Crippen LogP contribution in [-0.2, 0) is 0 Å². The Morgan fingerprint density at radius 2 is 2.54 bits per heavy atom. The van der Waals surface area contributed by atoms with Crippen LogP contribution in [0, 0.1) is 10.1 Å². The minimum atomic E-state index is -0.478. The molecule has 1 aromatic rings. The quantitative estimate of drug-likeness (QED) is 0.568. The van der Waals surface area contributed by atoms with Gasteiger partial charge in [0.05, 0.1) is 11.5 Å². The number of rotatable bonds is 4. The van der Waals surface area contributed by atoms with Crippen LogP contribution >= 0.6 is 11.3 Å². The zero-order chi connectivity index (χ0) is 9.84. The molecule has 0 saturated heterocycles. The summed E-state index contributed by atoms with van der Waals surface area (Å²) in [4.78, 5) is 15.3. The van der Waals surface area contributed by atoms with Gasteiger partial charge >= 0.3 is 5.00 Å². The van der Waals surface area contributed by atoms with Crippen LogP contribution in [0.3, 0.4) is 0 Å². The van der Waals surface area contributed by atoms with Gasteiger partial charge in [-0.05, 0) is 11.3 Å². The first-order chi connectivity index (χ1) is 6.15. The highest BCUT2D eigenvalue weighted by atomic mass is 32.1. The number of likely N-dealkylation sites (N-methyl/N-ethyl adjacent to an activating group) is 1. The lowest BCUT2D eigenvalue weighted by molar-refractivity contribution is -0.380. The van der Waals surface area contributed by atoms with Crippen molar-refractivity contribution in [3.63, 3.8) is 0 Å². The van der Waals surface area contributed by atoms with Gasteiger partial charge in [-0.15, -0.1) is 0 Å². The molecule has 13 heavy (non-hydrogen) atoms. The molecule has 0 spiro atoms. The monoisotopic (exact) mass is 203 g/mol. The molecule has 0 bridgehead atoms. The number of thiazole rings is 1. The summed E-state index contributed by atoms with van der Waals surface area (Å²) in [7, 11) is 1.72. The predicted molar refractivity (Wildman–Crippen MR) is 49.1 cm³/mol. The predicted octanol–water partition coefficient (Wildman–Crippen LogP) is 0.480. The highest BCUT2D eigenvalue weighted by Gasteiger charge is 2.13. The van der Waals surface area contributed by atoms with E-state index in [1.54, 1.807) is 11.9 Å². The molecular formula is C6H9N3O3S. The lowest BCUT2D eigenvalue weighted by atomic mass is 10.6. The van der Waals surface area contributed by atoms with Crippen molar-refractivity contribution in [3.05, 3.63) is 16.3 Å². The van der Waals surface area contributed by atoms with Crippen molar-refractivity contribution in [2.75, 3.05) is 25.1 Å². The molecule has 0 unspecified atom stereocenters. The molecular weight excluding hydrogens is 194 g/mol. The first-order valence-corrected chi connectivity index (χ1v) is 4.39. The number of aromatic nitrogens is 1. The van der Waals surface area contributed by atoms with Crippen LogP contribution in [0.1, 0.15) is 0 Å². The van der Waals surface area contributed by atoms with E-state index >= 15 is 0 Å². The third-order valence-electron chi connectivity index (χ3n) is 1.42. The molecule has 0 fully saturated rings. The third-order valence-corrected chi connectivity index (χ3v) is 2.49. The molecule has 1 aromatic heterocycles. The Bertz CT molecular complexity index is 301. The smallest absolute Gasteiger partial charge is 0.345 e. The highest BCUT2D eigenvalue weighted by molar-refractivity contribution is 7.18. The van der Waals surface area contributed by atoms with Crippen LogP contribution in [-0.4, -0.2) is 35.2 Å². The van der Waals surface area contributed by atoms with E-state index in [1.165, 1.54) is 6.20 Å². The van der Waals surface area contributed by atoms with Gasteiger partial charge in [-0.1, -0.05) is 0 Å². The Balaban J connectivity index is 2.73. The molecule has 0 amide bonds. The van der Waals surface area contributed by atoms with E-state index in [0.717, 1.165) is 11.3 Å². The van der Waals surface area contributed by atoms with Crippen molar-refractivity contribution in [2.24, 2.45) is 0 Å². The fraction of sp³-hybridized carbons (Fsp3) is 0.500. The molecule has 1 heterocycles. The van der Waals surface area contributed by atoms with Gasteiger partial charge in [0.25, 0.3) is 0 Å². The lowest BCUT2D eigenvalue weighted by Crippen LogP contribution is -2.20. The van der Waals surface area contributed by atoms with Gasteiger partial charge in [0, 0.05) is 13.6 Å². The number of hydrogen-bond donors (Lipinski definition) is 1. The molecule has 0 aliphatic carbocycles. The molecule has 1 N–H and O–H groups in total. The summed E-state index contributed by atoms with van der Waals surface area (Å²) in [6.45, 7) is 0.425. The fourth-order valence-electron chi connectivity index (χ4n) is 0.763. The average molecular weight is 203 g/mol. The Labute approximate surface area is 78.6 Å². The number of anilines is 1. The van der Waals surface area contributed by atoms with Gasteiger partial charge in [0.1, 0.15) is 6.20 Å². The number of hydrogen-bond acceptors (Lipinski definition) is 6. The Morgan fingerprint density at radius 3 is 3.00 bits per heavy atom. The van der Waals surface area contributed by atoms with Crippen LogP contribution in [0.2, 0.25) is 0 Å². The largest absolute Gasteiger partial charge is 0.395 e. The summed E-state index contributed by atoms with van der Waals surface area (Å²) < 4.78 is 0. The van der Waals surface area contributed by atoms with Gasteiger partial charge in [0.15, 0.2) is 5.13 Å². The summed E-state index contributed by atoms with van der Waals surface area (Å²) in [6.07, 6.45) is 1.22. The highest BCUT2D eigenvalue weighted by Crippen LogP contribution is 2.26. The van der Waals surface area contributed by atoms with Crippen LogP contribution in [0.25, 0.3) is 0 Å². The van der Waals surface area contributed by atoms with Gasteiger partial charge in [0.2, 0.25) is 0 Å². The van der Waals surface area contributed by atoms with Crippen LogP contribution in [0.4, 0.5) is 10.1 Å². The first-order valence-electron chi connectivity index (χ1n) is 3.57. The molecule has 0 aliphatic rings. The van der Waals surface area contributed by atoms with E-state index in [2.05, 4.69) is 4.98 Å². The third kappa shape index (κ3) is 2.36. The maximum Gasteiger partial charge on any atom is 0.345 e. The van der Waals surface area contributed by atoms with E-state index in [1.807, 2.05) is 0 Å². The molecule has 0 atom stereocenters. The first kappa shape index (κ1) is 9.87. The second kappa shape index (κ2) is 4.15. The summed E-state index contributed by atoms with van der Waals surface area (Å²) >= 11 is 0.994. The number of nitrogens with zero attached hydrogens (tertiary/aromatic N) is 3. The number of aliphatic hydroxyl groups is 1. The molecule has 72 valence electrons. The van der Waals surface area contributed by atoms with E-state index in [4.69, 9.17) is 5.11 Å². The second-order valence-electron chi connectivity index (χ2n) is 2.38. The zero-order valence-electron chi connectivity index (χ0n) is 7.01. The van der Waals surface area contributed by atoms with Crippen molar-refractivity contribution >= 4 is 21.5 Å². The van der Waals surface area contributed by atoms with E-state index in [-0.39, 0.29) is 11.6 Å². The molecule has 0 radical (unpaired) electrons. The van der Waals surface area contributed by atoms with Gasteiger partial charge in [-0.25, -0.2) is 4.98 Å². The van der Waals surface area contributed by atoms with Crippen molar-refractivity contribution in [3.8, 4) is 0 Å². The molecule has 6 nitrogen and oxygen atoms in total. The number of nitro groups is 1. The van der Waals surface area contributed by atoms with E-state index in [9.17, 15) is 10.1 Å². The Hall–Kier alpha value is -1.21. The van der Waals surface area contributed by atoms with Crippen molar-refractivity contribution in [1.29, 1.82) is 0 Å². The molecule has 0 saturated carbocycles. The second-order valence-corrected chi connectivity index (χ2v) is 3.37.